The number of halogens is 1. The van der Waals surface area contributed by atoms with Crippen LogP contribution in [0.5, 0.6) is 0 Å². The standard InChI is InChI=1S/C17H23ClN2O/c1-2-3-4-5-6-7-11-19-17(21)15-12-13-9-8-10-14(18)16(13)20-15/h8-10,12,20H,2-7,11H2,1H3,(H,19,21). The lowest BCUT2D eigenvalue weighted by Crippen LogP contribution is -2.24. The lowest BCUT2D eigenvalue weighted by molar-refractivity contribution is 0.0949. The first-order valence-corrected chi connectivity index (χ1v) is 8.15. The predicted octanol–water partition coefficient (Wildman–Crippen LogP) is 4.91. The fourth-order valence-electron chi connectivity index (χ4n) is 2.44. The Balaban J connectivity index is 1.78. The Morgan fingerprint density at radius 1 is 1.19 bits per heavy atom. The van der Waals surface area contributed by atoms with Crippen LogP contribution in [0.2, 0.25) is 5.02 Å². The van der Waals surface area contributed by atoms with Gasteiger partial charge in [-0.2, -0.15) is 0 Å². The first kappa shape index (κ1) is 15.9. The van der Waals surface area contributed by atoms with E-state index in [2.05, 4.69) is 17.2 Å². The molecule has 1 heterocycles. The zero-order chi connectivity index (χ0) is 15.1. The number of H-pyrrole nitrogens is 1. The lowest BCUT2D eigenvalue weighted by Gasteiger charge is -2.03. The summed E-state index contributed by atoms with van der Waals surface area (Å²) in [7, 11) is 0. The smallest absolute Gasteiger partial charge is 0.267 e. The van der Waals surface area contributed by atoms with E-state index in [1.54, 1.807) is 0 Å². The number of hydrogen-bond acceptors (Lipinski definition) is 1. The van der Waals surface area contributed by atoms with Crippen LogP contribution in [0.1, 0.15) is 55.9 Å². The molecule has 21 heavy (non-hydrogen) atoms. The van der Waals surface area contributed by atoms with Crippen LogP contribution < -0.4 is 5.32 Å². The second-order valence-corrected chi connectivity index (χ2v) is 5.82. The van der Waals surface area contributed by atoms with Crippen molar-refractivity contribution in [3.63, 3.8) is 0 Å². The van der Waals surface area contributed by atoms with E-state index in [1.807, 2.05) is 24.3 Å². The quantitative estimate of drug-likeness (QED) is 0.669. The minimum Gasteiger partial charge on any atom is -0.351 e. The molecule has 0 radical (unpaired) electrons. The summed E-state index contributed by atoms with van der Waals surface area (Å²) in [6.45, 7) is 2.95. The Morgan fingerprint density at radius 2 is 1.95 bits per heavy atom. The molecule has 0 aliphatic rings. The number of aromatic nitrogens is 1. The van der Waals surface area contributed by atoms with Gasteiger partial charge in [0.25, 0.3) is 5.91 Å². The van der Waals surface area contributed by atoms with Gasteiger partial charge in [0.2, 0.25) is 0 Å². The fraction of sp³-hybridized carbons (Fsp3) is 0.471. The van der Waals surface area contributed by atoms with E-state index in [0.29, 0.717) is 10.7 Å². The van der Waals surface area contributed by atoms with Crippen molar-refractivity contribution >= 4 is 28.4 Å². The molecule has 1 aromatic carbocycles. The van der Waals surface area contributed by atoms with E-state index in [1.165, 1.54) is 32.1 Å². The molecule has 3 nitrogen and oxygen atoms in total. The van der Waals surface area contributed by atoms with Gasteiger partial charge in [0.15, 0.2) is 0 Å². The summed E-state index contributed by atoms with van der Waals surface area (Å²) < 4.78 is 0. The predicted molar refractivity (Wildman–Crippen MR) is 89.0 cm³/mol. The molecule has 0 saturated heterocycles. The third kappa shape index (κ3) is 4.50. The number of aromatic amines is 1. The molecular weight excluding hydrogens is 284 g/mol. The van der Waals surface area contributed by atoms with Crippen LogP contribution in [0.3, 0.4) is 0 Å². The maximum atomic E-state index is 12.1. The summed E-state index contributed by atoms with van der Waals surface area (Å²) in [5.41, 5.74) is 1.40. The van der Waals surface area contributed by atoms with E-state index in [9.17, 15) is 4.79 Å². The monoisotopic (exact) mass is 306 g/mol. The van der Waals surface area contributed by atoms with Gasteiger partial charge < -0.3 is 10.3 Å². The maximum Gasteiger partial charge on any atom is 0.267 e. The van der Waals surface area contributed by atoms with Crippen LogP contribution >= 0.6 is 11.6 Å². The van der Waals surface area contributed by atoms with Crippen LogP contribution in [0.15, 0.2) is 24.3 Å². The van der Waals surface area contributed by atoms with E-state index in [-0.39, 0.29) is 5.91 Å². The Morgan fingerprint density at radius 3 is 2.71 bits per heavy atom. The van der Waals surface area contributed by atoms with Gasteiger partial charge in [0.1, 0.15) is 5.69 Å². The van der Waals surface area contributed by atoms with Crippen molar-refractivity contribution in [3.8, 4) is 0 Å². The Hall–Kier alpha value is -1.48. The highest BCUT2D eigenvalue weighted by Gasteiger charge is 2.10. The van der Waals surface area contributed by atoms with Gasteiger partial charge in [-0.1, -0.05) is 62.8 Å². The van der Waals surface area contributed by atoms with Crippen molar-refractivity contribution in [1.29, 1.82) is 0 Å². The van der Waals surface area contributed by atoms with Gasteiger partial charge in [-0.3, -0.25) is 4.79 Å². The Bertz CT molecular complexity index is 591. The average molecular weight is 307 g/mol. The number of rotatable bonds is 8. The van der Waals surface area contributed by atoms with E-state index in [0.717, 1.165) is 23.9 Å². The average Bonchev–Trinajstić information content (AvgIpc) is 2.92. The molecule has 2 aromatic rings. The molecule has 0 spiro atoms. The van der Waals surface area contributed by atoms with Crippen molar-refractivity contribution in [3.05, 3.63) is 35.0 Å². The molecule has 0 unspecified atom stereocenters. The van der Waals surface area contributed by atoms with Crippen molar-refractivity contribution in [1.82, 2.24) is 10.3 Å². The molecule has 0 aliphatic carbocycles. The minimum atomic E-state index is -0.0594. The highest BCUT2D eigenvalue weighted by Crippen LogP contribution is 2.23. The van der Waals surface area contributed by atoms with Crippen LogP contribution in [0.4, 0.5) is 0 Å². The summed E-state index contributed by atoms with van der Waals surface area (Å²) in [6, 6.07) is 7.49. The minimum absolute atomic E-state index is 0.0594. The zero-order valence-electron chi connectivity index (χ0n) is 12.5. The number of unbranched alkanes of at least 4 members (excludes halogenated alkanes) is 5. The van der Waals surface area contributed by atoms with Gasteiger partial charge in [-0.05, 0) is 18.6 Å². The number of carbonyl (C=O) groups is 1. The summed E-state index contributed by atoms with van der Waals surface area (Å²) in [5.74, 6) is -0.0594. The fourth-order valence-corrected chi connectivity index (χ4v) is 2.67. The molecule has 0 fully saturated rings. The first-order chi connectivity index (χ1) is 10.2. The number of fused-ring (bicyclic) bond motifs is 1. The highest BCUT2D eigenvalue weighted by molar-refractivity contribution is 6.35. The third-order valence-corrected chi connectivity index (χ3v) is 3.98. The van der Waals surface area contributed by atoms with Crippen molar-refractivity contribution in [2.75, 3.05) is 6.54 Å². The van der Waals surface area contributed by atoms with Crippen LogP contribution in [-0.2, 0) is 0 Å². The van der Waals surface area contributed by atoms with Crippen molar-refractivity contribution in [2.45, 2.75) is 45.4 Å². The number of hydrogen-bond donors (Lipinski definition) is 2. The van der Waals surface area contributed by atoms with Crippen LogP contribution in [-0.4, -0.2) is 17.4 Å². The third-order valence-electron chi connectivity index (χ3n) is 3.67. The van der Waals surface area contributed by atoms with Crippen LogP contribution in [0, 0.1) is 0 Å². The highest BCUT2D eigenvalue weighted by atomic mass is 35.5. The zero-order valence-corrected chi connectivity index (χ0v) is 13.3. The molecule has 1 amide bonds. The molecule has 0 saturated carbocycles. The molecule has 1 aromatic heterocycles. The summed E-state index contributed by atoms with van der Waals surface area (Å²) in [4.78, 5) is 15.2. The summed E-state index contributed by atoms with van der Waals surface area (Å²) >= 11 is 6.10. The number of carbonyl (C=O) groups excluding carboxylic acids is 1. The Kier molecular flexibility index (Phi) is 6.12. The number of benzene rings is 1. The maximum absolute atomic E-state index is 12.1. The van der Waals surface area contributed by atoms with Gasteiger partial charge in [-0.25, -0.2) is 0 Å². The Labute approximate surface area is 131 Å². The molecule has 114 valence electrons. The second kappa shape index (κ2) is 8.08. The van der Waals surface area contributed by atoms with E-state index >= 15 is 0 Å². The first-order valence-electron chi connectivity index (χ1n) is 7.78. The largest absolute Gasteiger partial charge is 0.351 e. The van der Waals surface area contributed by atoms with Crippen LogP contribution in [0.25, 0.3) is 10.9 Å². The molecule has 0 atom stereocenters. The molecule has 0 aliphatic heterocycles. The van der Waals surface area contributed by atoms with Gasteiger partial charge >= 0.3 is 0 Å². The second-order valence-electron chi connectivity index (χ2n) is 5.41. The normalized spacial score (nSPS) is 11.0. The number of nitrogens with one attached hydrogen (secondary N) is 2. The van der Waals surface area contributed by atoms with E-state index in [4.69, 9.17) is 11.6 Å². The van der Waals surface area contributed by atoms with E-state index < -0.39 is 0 Å². The molecule has 2 rings (SSSR count). The van der Waals surface area contributed by atoms with Gasteiger partial charge in [0.05, 0.1) is 10.5 Å². The lowest BCUT2D eigenvalue weighted by atomic mass is 10.1. The number of para-hydroxylation sites is 1. The molecule has 0 bridgehead atoms. The molecule has 2 N–H and O–H groups in total. The SMILES string of the molecule is CCCCCCCCNC(=O)c1cc2cccc(Cl)c2[nH]1. The topological polar surface area (TPSA) is 44.9 Å². The number of amides is 1. The van der Waals surface area contributed by atoms with Crippen molar-refractivity contribution < 1.29 is 4.79 Å². The summed E-state index contributed by atoms with van der Waals surface area (Å²) in [5, 5.41) is 4.56. The summed E-state index contributed by atoms with van der Waals surface area (Å²) in [6.07, 6.45) is 7.34. The van der Waals surface area contributed by atoms with Crippen molar-refractivity contribution in [2.24, 2.45) is 0 Å². The molecule has 4 heteroatoms. The van der Waals surface area contributed by atoms with Gasteiger partial charge in [-0.15, -0.1) is 0 Å². The van der Waals surface area contributed by atoms with Gasteiger partial charge in [0, 0.05) is 11.9 Å². The molecular formula is C17H23ClN2O.